The molecule has 0 aliphatic heterocycles. The second-order valence-corrected chi connectivity index (χ2v) is 6.14. The van der Waals surface area contributed by atoms with E-state index >= 15 is 0 Å². The lowest BCUT2D eigenvalue weighted by Gasteiger charge is -2.08. The van der Waals surface area contributed by atoms with Gasteiger partial charge in [-0.15, -0.1) is 11.3 Å². The Morgan fingerprint density at radius 3 is 2.71 bits per heavy atom. The number of nitrogens with zero attached hydrogens (tertiary/aromatic N) is 1. The summed E-state index contributed by atoms with van der Waals surface area (Å²) in [7, 11) is 1.64. The van der Waals surface area contributed by atoms with E-state index in [1.54, 1.807) is 18.4 Å². The van der Waals surface area contributed by atoms with Crippen molar-refractivity contribution >= 4 is 11.3 Å². The summed E-state index contributed by atoms with van der Waals surface area (Å²) in [6.45, 7) is 6.67. The fourth-order valence-electron chi connectivity index (χ4n) is 1.86. The van der Waals surface area contributed by atoms with E-state index in [1.807, 2.05) is 24.3 Å². The maximum atomic E-state index is 5.77. The zero-order valence-corrected chi connectivity index (χ0v) is 13.6. The van der Waals surface area contributed by atoms with Crippen molar-refractivity contribution in [2.24, 2.45) is 5.92 Å². The minimum absolute atomic E-state index is 0.467. The Labute approximate surface area is 130 Å². The Hall–Kier alpha value is -1.59. The molecule has 0 amide bonds. The second-order valence-electron chi connectivity index (χ2n) is 5.20. The third kappa shape index (κ3) is 5.02. The predicted molar refractivity (Wildman–Crippen MR) is 86.0 cm³/mol. The molecule has 0 aliphatic rings. The lowest BCUT2D eigenvalue weighted by Crippen LogP contribution is -2.19. The molecule has 1 aromatic heterocycles. The third-order valence-corrected chi connectivity index (χ3v) is 3.75. The first-order chi connectivity index (χ1) is 10.2. The maximum absolute atomic E-state index is 5.77. The number of nitrogens with one attached hydrogen (secondary N) is 1. The number of rotatable bonds is 8. The minimum atomic E-state index is 0.467. The van der Waals surface area contributed by atoms with Crippen LogP contribution in [0.5, 0.6) is 11.5 Å². The molecule has 0 saturated carbocycles. The fraction of sp³-hybridized carbons (Fsp3) is 0.438. The lowest BCUT2D eigenvalue weighted by molar-refractivity contribution is 0.284. The largest absolute Gasteiger partial charge is 0.493 e. The van der Waals surface area contributed by atoms with Gasteiger partial charge in [0.2, 0.25) is 0 Å². The molecular formula is C16H22N2O2S. The van der Waals surface area contributed by atoms with Gasteiger partial charge in [-0.25, -0.2) is 4.98 Å². The lowest BCUT2D eigenvalue weighted by atomic mass is 10.2. The quantitative estimate of drug-likeness (QED) is 0.811. The van der Waals surface area contributed by atoms with Crippen LogP contribution in [-0.4, -0.2) is 18.6 Å². The zero-order valence-electron chi connectivity index (χ0n) is 12.8. The van der Waals surface area contributed by atoms with E-state index in [-0.39, 0.29) is 0 Å². The molecule has 0 saturated heterocycles. The highest BCUT2D eigenvalue weighted by molar-refractivity contribution is 7.09. The summed E-state index contributed by atoms with van der Waals surface area (Å²) in [5.74, 6) is 2.14. The van der Waals surface area contributed by atoms with E-state index in [0.717, 1.165) is 35.3 Å². The molecule has 0 fully saturated rings. The van der Waals surface area contributed by atoms with Crippen molar-refractivity contribution in [1.82, 2.24) is 10.3 Å². The molecule has 114 valence electrons. The molecule has 0 bridgehead atoms. The van der Waals surface area contributed by atoms with Gasteiger partial charge in [0, 0.05) is 11.9 Å². The molecule has 21 heavy (non-hydrogen) atoms. The summed E-state index contributed by atoms with van der Waals surface area (Å²) < 4.78 is 11.0. The van der Waals surface area contributed by atoms with Crippen molar-refractivity contribution in [3.8, 4) is 11.5 Å². The summed E-state index contributed by atoms with van der Waals surface area (Å²) in [4.78, 5) is 4.57. The van der Waals surface area contributed by atoms with Crippen LogP contribution in [0.25, 0.3) is 0 Å². The molecule has 4 nitrogen and oxygen atoms in total. The molecule has 0 radical (unpaired) electrons. The number of hydrogen-bond donors (Lipinski definition) is 1. The van der Waals surface area contributed by atoms with E-state index in [0.29, 0.717) is 12.5 Å². The van der Waals surface area contributed by atoms with Gasteiger partial charge >= 0.3 is 0 Å². The van der Waals surface area contributed by atoms with Crippen LogP contribution in [0.4, 0.5) is 0 Å². The Balaban J connectivity index is 1.85. The Morgan fingerprint density at radius 1 is 1.24 bits per heavy atom. The molecule has 0 atom stereocenters. The van der Waals surface area contributed by atoms with Crippen molar-refractivity contribution in [1.29, 1.82) is 0 Å². The van der Waals surface area contributed by atoms with Crippen molar-refractivity contribution in [3.05, 3.63) is 40.3 Å². The molecule has 0 spiro atoms. The third-order valence-electron chi connectivity index (χ3n) is 2.88. The summed E-state index contributed by atoms with van der Waals surface area (Å²) in [5, 5.41) is 6.44. The van der Waals surface area contributed by atoms with Crippen LogP contribution in [0.2, 0.25) is 0 Å². The van der Waals surface area contributed by atoms with Gasteiger partial charge in [-0.1, -0.05) is 26.0 Å². The first-order valence-electron chi connectivity index (χ1n) is 7.09. The van der Waals surface area contributed by atoms with Crippen LogP contribution >= 0.6 is 11.3 Å². The highest BCUT2D eigenvalue weighted by Crippen LogP contribution is 2.26. The van der Waals surface area contributed by atoms with Crippen LogP contribution in [0.15, 0.2) is 29.6 Å². The molecule has 2 rings (SSSR count). The van der Waals surface area contributed by atoms with Crippen molar-refractivity contribution < 1.29 is 9.47 Å². The highest BCUT2D eigenvalue weighted by atomic mass is 32.1. The van der Waals surface area contributed by atoms with Crippen LogP contribution < -0.4 is 14.8 Å². The predicted octanol–water partition coefficient (Wildman–Crippen LogP) is 3.48. The molecular weight excluding hydrogens is 284 g/mol. The molecule has 2 aromatic rings. The number of ether oxygens (including phenoxy) is 2. The van der Waals surface area contributed by atoms with Crippen molar-refractivity contribution in [2.75, 3.05) is 13.7 Å². The minimum Gasteiger partial charge on any atom is -0.493 e. The Kier molecular flexibility index (Phi) is 6.02. The van der Waals surface area contributed by atoms with Crippen molar-refractivity contribution in [2.45, 2.75) is 27.0 Å². The van der Waals surface area contributed by atoms with Gasteiger partial charge in [0.05, 0.1) is 12.8 Å². The van der Waals surface area contributed by atoms with E-state index in [9.17, 15) is 0 Å². The first kappa shape index (κ1) is 15.8. The number of methoxy groups -OCH3 is 1. The average Bonchev–Trinajstić information content (AvgIpc) is 2.93. The fourth-order valence-corrected chi connectivity index (χ4v) is 2.57. The number of aromatic nitrogens is 1. The number of thiazole rings is 1. The standard InChI is InChI=1S/C16H22N2O2S/c1-12(2)8-17-9-13-11-21-16(18-13)10-20-15-7-5-4-6-14(15)19-3/h4-7,11-12,17H,8-10H2,1-3H3. The van der Waals surface area contributed by atoms with Crippen LogP contribution in [0, 0.1) is 5.92 Å². The van der Waals surface area contributed by atoms with E-state index in [1.165, 1.54) is 0 Å². The summed E-state index contributed by atoms with van der Waals surface area (Å²) in [6.07, 6.45) is 0. The highest BCUT2D eigenvalue weighted by Gasteiger charge is 2.06. The zero-order chi connectivity index (χ0) is 15.1. The number of hydrogen-bond acceptors (Lipinski definition) is 5. The Bertz CT molecular complexity index is 555. The van der Waals surface area contributed by atoms with Gasteiger partial charge in [0.25, 0.3) is 0 Å². The molecule has 5 heteroatoms. The van der Waals surface area contributed by atoms with Crippen molar-refractivity contribution in [3.63, 3.8) is 0 Å². The van der Waals surface area contributed by atoms with E-state index < -0.39 is 0 Å². The smallest absolute Gasteiger partial charge is 0.161 e. The van der Waals surface area contributed by atoms with Gasteiger partial charge in [0.15, 0.2) is 11.5 Å². The monoisotopic (exact) mass is 306 g/mol. The van der Waals surface area contributed by atoms with E-state index in [2.05, 4.69) is 29.5 Å². The first-order valence-corrected chi connectivity index (χ1v) is 7.97. The topological polar surface area (TPSA) is 43.4 Å². The summed E-state index contributed by atoms with van der Waals surface area (Å²) >= 11 is 1.62. The maximum Gasteiger partial charge on any atom is 0.161 e. The summed E-state index contributed by atoms with van der Waals surface area (Å²) in [6, 6.07) is 7.64. The van der Waals surface area contributed by atoms with Crippen LogP contribution in [0.3, 0.4) is 0 Å². The Morgan fingerprint density at radius 2 is 2.00 bits per heavy atom. The van der Waals surface area contributed by atoms with Gasteiger partial charge in [-0.05, 0) is 24.6 Å². The summed E-state index contributed by atoms with van der Waals surface area (Å²) in [5.41, 5.74) is 1.07. The van der Waals surface area contributed by atoms with Gasteiger partial charge in [-0.3, -0.25) is 0 Å². The molecule has 1 N–H and O–H groups in total. The normalized spacial score (nSPS) is 10.9. The SMILES string of the molecule is COc1ccccc1OCc1nc(CNCC(C)C)cs1. The van der Waals surface area contributed by atoms with E-state index in [4.69, 9.17) is 9.47 Å². The van der Waals surface area contributed by atoms with Gasteiger partial charge < -0.3 is 14.8 Å². The van der Waals surface area contributed by atoms with Gasteiger partial charge in [0.1, 0.15) is 11.6 Å². The van der Waals surface area contributed by atoms with Crippen LogP contribution in [0.1, 0.15) is 24.5 Å². The molecule has 1 heterocycles. The number of para-hydroxylation sites is 2. The van der Waals surface area contributed by atoms with Gasteiger partial charge in [-0.2, -0.15) is 0 Å². The second kappa shape index (κ2) is 8.00. The molecule has 0 unspecified atom stereocenters. The molecule has 0 aliphatic carbocycles. The molecule has 1 aromatic carbocycles. The number of benzene rings is 1. The average molecular weight is 306 g/mol. The van der Waals surface area contributed by atoms with Crippen LogP contribution in [-0.2, 0) is 13.2 Å².